The highest BCUT2D eigenvalue weighted by molar-refractivity contribution is 6.01. The van der Waals surface area contributed by atoms with Crippen molar-refractivity contribution in [1.82, 2.24) is 9.47 Å². The van der Waals surface area contributed by atoms with E-state index in [2.05, 4.69) is 82.5 Å². The molecule has 174 valence electrons. The maximum absolute atomic E-state index is 13.7. The number of anilines is 1. The second-order valence-electron chi connectivity index (χ2n) is 9.43. The highest BCUT2D eigenvalue weighted by Gasteiger charge is 2.27. The average Bonchev–Trinajstić information content (AvgIpc) is 3.31. The van der Waals surface area contributed by atoms with Crippen LogP contribution in [0.2, 0.25) is 0 Å². The first-order chi connectivity index (χ1) is 16.7. The van der Waals surface area contributed by atoms with Crippen LogP contribution in [-0.2, 0) is 13.1 Å². The van der Waals surface area contributed by atoms with Crippen LogP contribution in [0.1, 0.15) is 48.9 Å². The number of carbonyl (C=O) groups excluding carboxylic acids is 1. The minimum absolute atomic E-state index is 0.00750. The number of amides is 2. The van der Waals surface area contributed by atoms with Crippen molar-refractivity contribution in [2.45, 2.75) is 58.2 Å². The van der Waals surface area contributed by atoms with Crippen molar-refractivity contribution in [1.29, 1.82) is 0 Å². The lowest BCUT2D eigenvalue weighted by Crippen LogP contribution is -2.43. The van der Waals surface area contributed by atoms with Crippen LogP contribution in [0.4, 0.5) is 10.5 Å². The Bertz CT molecular complexity index is 1260. The molecule has 0 radical (unpaired) electrons. The summed E-state index contributed by atoms with van der Waals surface area (Å²) < 4.78 is 2.28. The molecular weight excluding hydrogens is 418 g/mol. The second-order valence-corrected chi connectivity index (χ2v) is 9.43. The van der Waals surface area contributed by atoms with Gasteiger partial charge in [-0.2, -0.15) is 0 Å². The molecule has 1 fully saturated rings. The molecule has 0 saturated heterocycles. The topological polar surface area (TPSA) is 37.3 Å². The molecule has 5 rings (SSSR count). The van der Waals surface area contributed by atoms with Crippen LogP contribution in [0.5, 0.6) is 0 Å². The maximum Gasteiger partial charge on any atom is 0.322 e. The fourth-order valence-corrected chi connectivity index (χ4v) is 5.17. The van der Waals surface area contributed by atoms with E-state index in [1.807, 2.05) is 24.3 Å². The first-order valence-corrected chi connectivity index (χ1v) is 12.4. The smallest absolute Gasteiger partial charge is 0.322 e. The molecule has 0 atom stereocenters. The standard InChI is InChI=1S/C30H33N3O/c1-23-11-5-6-13-25(23)21-32-20-10-17-27(32)22-33(26-15-3-2-4-16-26)30(34)31-29-19-9-14-24-12-7-8-18-28(24)29/h5-14,17-20,26H,2-4,15-16,21-22H2,1H3,(H,31,34). The van der Waals surface area contributed by atoms with E-state index >= 15 is 0 Å². The van der Waals surface area contributed by atoms with Gasteiger partial charge in [-0.05, 0) is 54.5 Å². The summed E-state index contributed by atoms with van der Waals surface area (Å²) in [5, 5.41) is 5.46. The highest BCUT2D eigenvalue weighted by atomic mass is 16.2. The molecular formula is C30H33N3O. The van der Waals surface area contributed by atoms with Gasteiger partial charge in [0.15, 0.2) is 0 Å². The Balaban J connectivity index is 1.40. The lowest BCUT2D eigenvalue weighted by molar-refractivity contribution is 0.161. The molecule has 1 saturated carbocycles. The molecule has 0 spiro atoms. The third kappa shape index (κ3) is 4.86. The average molecular weight is 452 g/mol. The first kappa shape index (κ1) is 22.3. The van der Waals surface area contributed by atoms with E-state index in [4.69, 9.17) is 0 Å². The molecule has 0 unspecified atom stereocenters. The number of aromatic nitrogens is 1. The van der Waals surface area contributed by atoms with Gasteiger partial charge in [0, 0.05) is 29.9 Å². The van der Waals surface area contributed by atoms with Gasteiger partial charge in [-0.1, -0.05) is 79.9 Å². The van der Waals surface area contributed by atoms with Gasteiger partial charge in [0.05, 0.1) is 12.2 Å². The lowest BCUT2D eigenvalue weighted by atomic mass is 9.94. The molecule has 1 aromatic heterocycles. The second kappa shape index (κ2) is 10.2. The number of benzene rings is 3. The first-order valence-electron chi connectivity index (χ1n) is 12.4. The summed E-state index contributed by atoms with van der Waals surface area (Å²) in [5.74, 6) is 0. The normalized spacial score (nSPS) is 14.3. The summed E-state index contributed by atoms with van der Waals surface area (Å²) in [6.07, 6.45) is 7.91. The van der Waals surface area contributed by atoms with E-state index in [1.54, 1.807) is 0 Å². The number of carbonyl (C=O) groups is 1. The van der Waals surface area contributed by atoms with Crippen molar-refractivity contribution in [3.8, 4) is 0 Å². The van der Waals surface area contributed by atoms with Crippen molar-refractivity contribution in [2.75, 3.05) is 5.32 Å². The van der Waals surface area contributed by atoms with Gasteiger partial charge >= 0.3 is 6.03 Å². The maximum atomic E-state index is 13.7. The summed E-state index contributed by atoms with van der Waals surface area (Å²) in [6, 6.07) is 27.3. The third-order valence-corrected chi connectivity index (χ3v) is 7.17. The quantitative estimate of drug-likeness (QED) is 0.327. The van der Waals surface area contributed by atoms with Gasteiger partial charge in [-0.3, -0.25) is 0 Å². The molecule has 0 aliphatic heterocycles. The molecule has 0 bridgehead atoms. The number of nitrogens with zero attached hydrogens (tertiary/aromatic N) is 2. The van der Waals surface area contributed by atoms with Crippen LogP contribution in [0.3, 0.4) is 0 Å². The number of urea groups is 1. The van der Waals surface area contributed by atoms with Gasteiger partial charge in [0.25, 0.3) is 0 Å². The van der Waals surface area contributed by atoms with Gasteiger partial charge in [0.1, 0.15) is 0 Å². The number of rotatable bonds is 6. The molecule has 4 nitrogen and oxygen atoms in total. The summed E-state index contributed by atoms with van der Waals surface area (Å²) in [5.41, 5.74) is 4.64. The van der Waals surface area contributed by atoms with Crippen LogP contribution >= 0.6 is 0 Å². The van der Waals surface area contributed by atoms with Crippen molar-refractivity contribution in [2.24, 2.45) is 0 Å². The Hall–Kier alpha value is -3.53. The number of nitrogens with one attached hydrogen (secondary N) is 1. The Morgan fingerprint density at radius 3 is 2.53 bits per heavy atom. The van der Waals surface area contributed by atoms with E-state index in [1.165, 1.54) is 36.1 Å². The lowest BCUT2D eigenvalue weighted by Gasteiger charge is -2.35. The van der Waals surface area contributed by atoms with E-state index in [-0.39, 0.29) is 12.1 Å². The SMILES string of the molecule is Cc1ccccc1Cn1cccc1CN(C(=O)Nc1cccc2ccccc12)C1CCCCC1. The zero-order valence-electron chi connectivity index (χ0n) is 19.9. The fourth-order valence-electron chi connectivity index (χ4n) is 5.17. The number of aryl methyl sites for hydroxylation is 1. The van der Waals surface area contributed by atoms with Crippen molar-refractivity contribution in [3.63, 3.8) is 0 Å². The number of hydrogen-bond acceptors (Lipinski definition) is 1. The predicted molar refractivity (Wildman–Crippen MR) is 140 cm³/mol. The molecule has 34 heavy (non-hydrogen) atoms. The van der Waals surface area contributed by atoms with E-state index in [9.17, 15) is 4.79 Å². The Morgan fingerprint density at radius 2 is 1.68 bits per heavy atom. The van der Waals surface area contributed by atoms with Crippen molar-refractivity contribution < 1.29 is 4.79 Å². The van der Waals surface area contributed by atoms with Gasteiger partial charge in [-0.15, -0.1) is 0 Å². The Kier molecular flexibility index (Phi) is 6.66. The molecule has 4 heteroatoms. The molecule has 1 N–H and O–H groups in total. The third-order valence-electron chi connectivity index (χ3n) is 7.17. The molecule has 2 amide bonds. The summed E-state index contributed by atoms with van der Waals surface area (Å²) >= 11 is 0. The largest absolute Gasteiger partial charge is 0.345 e. The van der Waals surface area contributed by atoms with Crippen molar-refractivity contribution >= 4 is 22.5 Å². The number of hydrogen-bond donors (Lipinski definition) is 1. The minimum Gasteiger partial charge on any atom is -0.345 e. The fraction of sp³-hybridized carbons (Fsp3) is 0.300. The molecule has 3 aromatic carbocycles. The minimum atomic E-state index is -0.00750. The Labute approximate surface area is 202 Å². The molecule has 1 heterocycles. The van der Waals surface area contributed by atoms with Crippen molar-refractivity contribution in [3.05, 3.63) is 102 Å². The number of fused-ring (bicyclic) bond motifs is 1. The van der Waals surface area contributed by atoms with Crippen LogP contribution in [0.15, 0.2) is 85.1 Å². The monoisotopic (exact) mass is 451 g/mol. The van der Waals surface area contributed by atoms with E-state index in [0.717, 1.165) is 35.8 Å². The zero-order chi connectivity index (χ0) is 23.3. The van der Waals surface area contributed by atoms with Gasteiger partial charge in [0.2, 0.25) is 0 Å². The molecule has 1 aliphatic rings. The summed E-state index contributed by atoms with van der Waals surface area (Å²) in [4.78, 5) is 15.8. The van der Waals surface area contributed by atoms with Crippen LogP contribution in [0, 0.1) is 6.92 Å². The molecule has 1 aliphatic carbocycles. The predicted octanol–water partition coefficient (Wildman–Crippen LogP) is 7.36. The Morgan fingerprint density at radius 1 is 0.912 bits per heavy atom. The van der Waals surface area contributed by atoms with Crippen LogP contribution in [0.25, 0.3) is 10.8 Å². The van der Waals surface area contributed by atoms with Crippen LogP contribution in [-0.4, -0.2) is 21.5 Å². The van der Waals surface area contributed by atoms with Gasteiger partial charge < -0.3 is 14.8 Å². The van der Waals surface area contributed by atoms with E-state index < -0.39 is 0 Å². The van der Waals surface area contributed by atoms with Gasteiger partial charge in [-0.25, -0.2) is 4.79 Å². The highest BCUT2D eigenvalue weighted by Crippen LogP contribution is 2.27. The summed E-state index contributed by atoms with van der Waals surface area (Å²) in [7, 11) is 0. The zero-order valence-corrected chi connectivity index (χ0v) is 19.9. The summed E-state index contributed by atoms with van der Waals surface area (Å²) in [6.45, 7) is 3.59. The molecule has 4 aromatic rings. The van der Waals surface area contributed by atoms with E-state index in [0.29, 0.717) is 6.54 Å². The van der Waals surface area contributed by atoms with Crippen LogP contribution < -0.4 is 5.32 Å².